The van der Waals surface area contributed by atoms with Crippen LogP contribution in [0.15, 0.2) is 30.7 Å². The van der Waals surface area contributed by atoms with Crippen LogP contribution in [0.4, 0.5) is 10.2 Å². The Balaban J connectivity index is 0.988. The lowest BCUT2D eigenvalue weighted by Crippen LogP contribution is -2.65. The summed E-state index contributed by atoms with van der Waals surface area (Å²) >= 11 is 0. The molecule has 2 amide bonds. The minimum absolute atomic E-state index is 0.0493. The van der Waals surface area contributed by atoms with Gasteiger partial charge in [-0.1, -0.05) is 12.8 Å². The van der Waals surface area contributed by atoms with Crippen LogP contribution >= 0.6 is 0 Å². The predicted octanol–water partition coefficient (Wildman–Crippen LogP) is 5.99. The number of halogens is 1. The normalized spacial score (nSPS) is 27.0. The Morgan fingerprint density at radius 2 is 1.77 bits per heavy atom. The lowest BCUT2D eigenvalue weighted by atomic mass is 9.67. The van der Waals surface area contributed by atoms with Crippen molar-refractivity contribution in [3.05, 3.63) is 42.1 Å². The van der Waals surface area contributed by atoms with Crippen LogP contribution in [-0.2, 0) is 4.79 Å². The van der Waals surface area contributed by atoms with Gasteiger partial charge in [-0.15, -0.1) is 0 Å². The first-order valence-electron chi connectivity index (χ1n) is 17.9. The number of ether oxygens (including phenoxy) is 1. The molecular weight excluding hydrogens is 595 g/mol. The molecule has 0 radical (unpaired) electrons. The molecule has 2 bridgehead atoms. The van der Waals surface area contributed by atoms with E-state index in [9.17, 15) is 14.0 Å². The van der Waals surface area contributed by atoms with E-state index < -0.39 is 5.82 Å². The molecule has 4 saturated heterocycles. The number of piperidine rings is 3. The quantitative estimate of drug-likeness (QED) is 0.331. The monoisotopic (exact) mass is 646 g/mol. The number of fused-ring (bicyclic) bond motifs is 3. The van der Waals surface area contributed by atoms with E-state index in [2.05, 4.69) is 31.7 Å². The molecule has 1 aromatic carbocycles. The zero-order valence-corrected chi connectivity index (χ0v) is 28.7. The fourth-order valence-corrected chi connectivity index (χ4v) is 9.38. The number of aromatic nitrogens is 2. The van der Waals surface area contributed by atoms with E-state index in [4.69, 9.17) is 4.74 Å². The zero-order valence-electron chi connectivity index (χ0n) is 28.7. The Hall–Kier alpha value is -3.27. The van der Waals surface area contributed by atoms with E-state index in [0.29, 0.717) is 29.4 Å². The molecule has 1 spiro atoms. The van der Waals surface area contributed by atoms with Gasteiger partial charge < -0.3 is 19.4 Å². The van der Waals surface area contributed by atoms with Gasteiger partial charge in [0, 0.05) is 49.7 Å². The SMILES string of the molecule is CC(C)N(C(=O)c1cc(F)ccc1Oc1cncnc1N1CC2(CCN(C(=O)[C@@H]3[C@@H]4CCC([C@@H](CC5CC5)C4)N3C)CC2)C1)C(C)C. The summed E-state index contributed by atoms with van der Waals surface area (Å²) in [7, 11) is 2.21. The van der Waals surface area contributed by atoms with Crippen LogP contribution in [-0.4, -0.2) is 93.9 Å². The average molecular weight is 647 g/mol. The fourth-order valence-electron chi connectivity index (χ4n) is 9.38. The number of likely N-dealkylation sites (tertiary alicyclic amines) is 1. The van der Waals surface area contributed by atoms with Gasteiger partial charge in [-0.3, -0.25) is 14.5 Å². The Labute approximate surface area is 278 Å². The molecule has 5 heterocycles. The number of carbonyl (C=O) groups is 2. The number of rotatable bonds is 9. The molecule has 6 fully saturated rings. The minimum Gasteiger partial charge on any atom is -0.451 e. The molecule has 2 aliphatic carbocycles. The number of nitrogens with zero attached hydrogens (tertiary/aromatic N) is 6. The molecular formula is C37H51FN6O3. The van der Waals surface area contributed by atoms with Crippen LogP contribution < -0.4 is 9.64 Å². The van der Waals surface area contributed by atoms with Gasteiger partial charge in [0.1, 0.15) is 17.9 Å². The summed E-state index contributed by atoms with van der Waals surface area (Å²) in [4.78, 5) is 44.8. The summed E-state index contributed by atoms with van der Waals surface area (Å²) in [5.41, 5.74) is 0.312. The van der Waals surface area contributed by atoms with Crippen LogP contribution in [0, 0.1) is 29.0 Å². The lowest BCUT2D eigenvalue weighted by molar-refractivity contribution is -0.150. The van der Waals surface area contributed by atoms with Crippen LogP contribution in [0.2, 0.25) is 0 Å². The number of anilines is 1. The Morgan fingerprint density at radius 3 is 2.43 bits per heavy atom. The van der Waals surface area contributed by atoms with Crippen molar-refractivity contribution in [2.45, 2.75) is 103 Å². The third-order valence-corrected chi connectivity index (χ3v) is 11.9. The van der Waals surface area contributed by atoms with Crippen molar-refractivity contribution in [2.75, 3.05) is 38.1 Å². The number of likely N-dealkylation sites (N-methyl/N-ethyl adjacent to an activating group) is 1. The number of amides is 2. The van der Waals surface area contributed by atoms with Gasteiger partial charge >= 0.3 is 0 Å². The molecule has 2 saturated carbocycles. The van der Waals surface area contributed by atoms with Crippen molar-refractivity contribution in [2.24, 2.45) is 23.2 Å². The number of benzene rings is 1. The van der Waals surface area contributed by atoms with E-state index in [1.165, 1.54) is 63.1 Å². The third-order valence-electron chi connectivity index (χ3n) is 11.9. The molecule has 254 valence electrons. The van der Waals surface area contributed by atoms with Gasteiger partial charge in [-0.2, -0.15) is 0 Å². The second-order valence-electron chi connectivity index (χ2n) is 15.7. The van der Waals surface area contributed by atoms with E-state index in [1.54, 1.807) is 11.1 Å². The highest BCUT2D eigenvalue weighted by molar-refractivity contribution is 5.97. The Kier molecular flexibility index (Phi) is 8.68. The molecule has 2 aromatic rings. The minimum atomic E-state index is -0.493. The molecule has 4 atom stereocenters. The first kappa shape index (κ1) is 32.3. The molecule has 1 aromatic heterocycles. The van der Waals surface area contributed by atoms with Crippen molar-refractivity contribution < 1.29 is 18.7 Å². The standard InChI is InChI=1S/C37H51FN6O3/c1-23(2)44(24(3)4)35(45)29-18-28(38)9-11-31(29)47-32-19-39-22-40-34(32)43-20-37(21-43)12-14-42(15-13-37)36(46)33-26-8-10-30(41(33)5)27(17-26)16-25-6-7-25/h9,11,18-19,22-27,30,33H,6-8,10,12-17,20-21H2,1-5H3/t26-,27+,30?,33+/m1/s1. The van der Waals surface area contributed by atoms with Crippen molar-refractivity contribution in [3.8, 4) is 11.5 Å². The van der Waals surface area contributed by atoms with Gasteiger partial charge in [0.2, 0.25) is 5.91 Å². The number of hydrogen-bond donors (Lipinski definition) is 0. The maximum Gasteiger partial charge on any atom is 0.258 e. The highest BCUT2D eigenvalue weighted by Crippen LogP contribution is 2.49. The van der Waals surface area contributed by atoms with Gasteiger partial charge in [0.05, 0.1) is 17.8 Å². The maximum atomic E-state index is 14.4. The van der Waals surface area contributed by atoms with E-state index in [1.807, 2.05) is 27.7 Å². The fraction of sp³-hybridized carbons (Fsp3) is 0.676. The van der Waals surface area contributed by atoms with E-state index >= 15 is 0 Å². The molecule has 8 rings (SSSR count). The maximum absolute atomic E-state index is 14.4. The van der Waals surface area contributed by atoms with E-state index in [-0.39, 0.29) is 40.8 Å². The van der Waals surface area contributed by atoms with Gasteiger partial charge in [0.15, 0.2) is 11.6 Å². The van der Waals surface area contributed by atoms with Crippen LogP contribution in [0.5, 0.6) is 11.5 Å². The summed E-state index contributed by atoms with van der Waals surface area (Å²) < 4.78 is 20.7. The van der Waals surface area contributed by atoms with Gasteiger partial charge in [0.25, 0.3) is 5.91 Å². The second kappa shape index (κ2) is 12.6. The molecule has 9 nitrogen and oxygen atoms in total. The molecule has 0 N–H and O–H groups in total. The highest BCUT2D eigenvalue weighted by atomic mass is 19.1. The molecule has 6 aliphatic rings. The van der Waals surface area contributed by atoms with Crippen molar-refractivity contribution in [1.82, 2.24) is 24.7 Å². The molecule has 1 unspecified atom stereocenters. The summed E-state index contributed by atoms with van der Waals surface area (Å²) in [6.07, 6.45) is 12.9. The molecule has 4 aliphatic heterocycles. The summed E-state index contributed by atoms with van der Waals surface area (Å²) in [6.45, 7) is 11.0. The predicted molar refractivity (Wildman–Crippen MR) is 179 cm³/mol. The van der Waals surface area contributed by atoms with Crippen LogP contribution in [0.3, 0.4) is 0 Å². The van der Waals surface area contributed by atoms with E-state index in [0.717, 1.165) is 50.9 Å². The first-order valence-corrected chi connectivity index (χ1v) is 17.9. The largest absolute Gasteiger partial charge is 0.451 e. The number of carbonyl (C=O) groups excluding carboxylic acids is 2. The van der Waals surface area contributed by atoms with Crippen LogP contribution in [0.1, 0.15) is 89.4 Å². The summed E-state index contributed by atoms with van der Waals surface area (Å²) in [5, 5.41) is 0. The molecule has 10 heteroatoms. The van der Waals surface area contributed by atoms with Crippen molar-refractivity contribution in [1.29, 1.82) is 0 Å². The highest BCUT2D eigenvalue weighted by Gasteiger charge is 2.52. The third kappa shape index (κ3) is 6.22. The average Bonchev–Trinajstić information content (AvgIpc) is 3.85. The summed E-state index contributed by atoms with van der Waals surface area (Å²) in [6, 6.07) is 4.56. The van der Waals surface area contributed by atoms with Crippen LogP contribution in [0.25, 0.3) is 0 Å². The first-order chi connectivity index (χ1) is 22.5. The summed E-state index contributed by atoms with van der Waals surface area (Å²) in [5.74, 6) is 3.18. The second-order valence-corrected chi connectivity index (χ2v) is 15.7. The lowest BCUT2D eigenvalue weighted by Gasteiger charge is -2.56. The van der Waals surface area contributed by atoms with Gasteiger partial charge in [-0.05, 0) is 109 Å². The topological polar surface area (TPSA) is 82.1 Å². The zero-order chi connectivity index (χ0) is 33.0. The van der Waals surface area contributed by atoms with Crippen molar-refractivity contribution in [3.63, 3.8) is 0 Å². The Bertz CT molecular complexity index is 1470. The van der Waals surface area contributed by atoms with Gasteiger partial charge in [-0.25, -0.2) is 14.4 Å². The Morgan fingerprint density at radius 1 is 1.04 bits per heavy atom. The van der Waals surface area contributed by atoms with Crippen molar-refractivity contribution >= 4 is 17.6 Å². The smallest absolute Gasteiger partial charge is 0.258 e. The molecule has 47 heavy (non-hydrogen) atoms. The number of hydrogen-bond acceptors (Lipinski definition) is 7.